The largest absolute Gasteiger partial charge is 0.372 e. The summed E-state index contributed by atoms with van der Waals surface area (Å²) in [7, 11) is 0. The monoisotopic (exact) mass is 227 g/mol. The van der Waals surface area contributed by atoms with Gasteiger partial charge >= 0.3 is 0 Å². The Labute approximate surface area is 101 Å². The Bertz CT molecular complexity index is 187. The second-order valence-corrected chi connectivity index (χ2v) is 5.61. The van der Waals surface area contributed by atoms with Crippen LogP contribution in [0, 0.1) is 0 Å². The number of nitrogens with one attached hydrogen (secondary N) is 1. The summed E-state index contributed by atoms with van der Waals surface area (Å²) in [6, 6.07) is 0.588. The fraction of sp³-hybridized carbons (Fsp3) is 1.00. The molecule has 1 rings (SSSR count). The molecule has 1 saturated carbocycles. The molecule has 1 unspecified atom stereocenters. The maximum Gasteiger partial charge on any atom is 0.0698 e. The minimum Gasteiger partial charge on any atom is -0.372 e. The van der Waals surface area contributed by atoms with Crippen molar-refractivity contribution in [2.45, 2.75) is 84.0 Å². The first-order valence-electron chi connectivity index (χ1n) is 6.99. The lowest BCUT2D eigenvalue weighted by Crippen LogP contribution is -2.45. The molecule has 0 radical (unpaired) electrons. The molecule has 0 heterocycles. The minimum absolute atomic E-state index is 0.219. The maximum absolute atomic E-state index is 6.26. The van der Waals surface area contributed by atoms with Crippen LogP contribution in [0.4, 0.5) is 0 Å². The van der Waals surface area contributed by atoms with Gasteiger partial charge in [0.05, 0.1) is 11.7 Å². The highest BCUT2D eigenvalue weighted by atomic mass is 16.5. The fourth-order valence-corrected chi connectivity index (χ4v) is 2.48. The van der Waals surface area contributed by atoms with E-state index in [-0.39, 0.29) is 5.60 Å². The van der Waals surface area contributed by atoms with Gasteiger partial charge in [-0.25, -0.2) is 0 Å². The predicted molar refractivity (Wildman–Crippen MR) is 69.8 cm³/mol. The molecule has 1 atom stereocenters. The lowest BCUT2D eigenvalue weighted by molar-refractivity contribution is -0.139. The summed E-state index contributed by atoms with van der Waals surface area (Å²) in [4.78, 5) is 0. The standard InChI is InChI=1S/C14H29NO/c1-5-7-13(4)16-14(8-6-9-14)10-11-15-12(2)3/h12-13,15H,5-11H2,1-4H3. The second-order valence-electron chi connectivity index (χ2n) is 5.61. The third-order valence-electron chi connectivity index (χ3n) is 3.54. The maximum atomic E-state index is 6.26. The minimum atomic E-state index is 0.219. The van der Waals surface area contributed by atoms with Crippen LogP contribution in [0.15, 0.2) is 0 Å². The molecular formula is C14H29NO. The van der Waals surface area contributed by atoms with E-state index in [4.69, 9.17) is 4.74 Å². The van der Waals surface area contributed by atoms with Crippen molar-refractivity contribution in [1.29, 1.82) is 0 Å². The summed E-state index contributed by atoms with van der Waals surface area (Å²) < 4.78 is 6.26. The number of hydrogen-bond donors (Lipinski definition) is 1. The molecule has 1 fully saturated rings. The van der Waals surface area contributed by atoms with Crippen LogP contribution in [0.25, 0.3) is 0 Å². The molecule has 96 valence electrons. The molecule has 0 bridgehead atoms. The van der Waals surface area contributed by atoms with Gasteiger partial charge < -0.3 is 10.1 Å². The van der Waals surface area contributed by atoms with Crippen LogP contribution in [-0.4, -0.2) is 24.3 Å². The molecule has 1 aliphatic carbocycles. The van der Waals surface area contributed by atoms with Crippen molar-refractivity contribution in [2.75, 3.05) is 6.54 Å². The third-order valence-corrected chi connectivity index (χ3v) is 3.54. The van der Waals surface area contributed by atoms with Gasteiger partial charge in [0.2, 0.25) is 0 Å². The Balaban J connectivity index is 2.27. The van der Waals surface area contributed by atoms with Crippen molar-refractivity contribution in [3.05, 3.63) is 0 Å². The van der Waals surface area contributed by atoms with E-state index in [1.165, 1.54) is 38.5 Å². The van der Waals surface area contributed by atoms with Crippen molar-refractivity contribution >= 4 is 0 Å². The summed E-state index contributed by atoms with van der Waals surface area (Å²) in [6.45, 7) is 9.95. The molecule has 0 aromatic rings. The van der Waals surface area contributed by atoms with Crippen LogP contribution in [0.2, 0.25) is 0 Å². The first kappa shape index (κ1) is 14.0. The lowest BCUT2D eigenvalue weighted by Gasteiger charge is -2.44. The quantitative estimate of drug-likeness (QED) is 0.685. The van der Waals surface area contributed by atoms with Crippen LogP contribution >= 0.6 is 0 Å². The van der Waals surface area contributed by atoms with E-state index in [1.807, 2.05) is 0 Å². The van der Waals surface area contributed by atoms with Crippen LogP contribution in [0.3, 0.4) is 0 Å². The van der Waals surface area contributed by atoms with E-state index in [9.17, 15) is 0 Å². The average Bonchev–Trinajstić information content (AvgIpc) is 2.13. The van der Waals surface area contributed by atoms with E-state index in [2.05, 4.69) is 33.0 Å². The molecule has 0 spiro atoms. The molecule has 0 amide bonds. The topological polar surface area (TPSA) is 21.3 Å². The van der Waals surface area contributed by atoms with E-state index in [0.29, 0.717) is 12.1 Å². The van der Waals surface area contributed by atoms with Crippen molar-refractivity contribution < 1.29 is 4.74 Å². The van der Waals surface area contributed by atoms with Crippen LogP contribution < -0.4 is 5.32 Å². The smallest absolute Gasteiger partial charge is 0.0698 e. The van der Waals surface area contributed by atoms with Crippen LogP contribution in [0.5, 0.6) is 0 Å². The van der Waals surface area contributed by atoms with E-state index in [1.54, 1.807) is 0 Å². The van der Waals surface area contributed by atoms with Crippen molar-refractivity contribution in [3.8, 4) is 0 Å². The zero-order valence-electron chi connectivity index (χ0n) is 11.5. The highest BCUT2D eigenvalue weighted by molar-refractivity contribution is 4.91. The van der Waals surface area contributed by atoms with Gasteiger partial charge in [0, 0.05) is 6.04 Å². The predicted octanol–water partition coefficient (Wildman–Crippen LogP) is 3.50. The van der Waals surface area contributed by atoms with Crippen molar-refractivity contribution in [2.24, 2.45) is 0 Å². The van der Waals surface area contributed by atoms with Gasteiger partial charge in [-0.3, -0.25) is 0 Å². The summed E-state index contributed by atoms with van der Waals surface area (Å²) in [5.74, 6) is 0. The van der Waals surface area contributed by atoms with Gasteiger partial charge in [-0.1, -0.05) is 27.2 Å². The zero-order valence-corrected chi connectivity index (χ0v) is 11.5. The Morgan fingerprint density at radius 2 is 1.94 bits per heavy atom. The molecule has 2 nitrogen and oxygen atoms in total. The highest BCUT2D eigenvalue weighted by Gasteiger charge is 2.38. The lowest BCUT2D eigenvalue weighted by atomic mass is 9.77. The van der Waals surface area contributed by atoms with Crippen molar-refractivity contribution in [1.82, 2.24) is 5.32 Å². The summed E-state index contributed by atoms with van der Waals surface area (Å²) in [6.07, 6.45) is 7.91. The van der Waals surface area contributed by atoms with Gasteiger partial charge in [-0.2, -0.15) is 0 Å². The fourth-order valence-electron chi connectivity index (χ4n) is 2.48. The summed E-state index contributed by atoms with van der Waals surface area (Å²) in [5.41, 5.74) is 0.219. The van der Waals surface area contributed by atoms with Gasteiger partial charge in [-0.15, -0.1) is 0 Å². The molecule has 0 aromatic carbocycles. The first-order valence-corrected chi connectivity index (χ1v) is 6.99. The summed E-state index contributed by atoms with van der Waals surface area (Å²) in [5, 5.41) is 3.49. The summed E-state index contributed by atoms with van der Waals surface area (Å²) >= 11 is 0. The highest BCUT2D eigenvalue weighted by Crippen LogP contribution is 2.39. The van der Waals surface area contributed by atoms with E-state index < -0.39 is 0 Å². The van der Waals surface area contributed by atoms with E-state index in [0.717, 1.165) is 6.54 Å². The molecule has 0 aromatic heterocycles. The van der Waals surface area contributed by atoms with Crippen LogP contribution in [-0.2, 0) is 4.74 Å². The van der Waals surface area contributed by atoms with Gasteiger partial charge in [0.1, 0.15) is 0 Å². The Hall–Kier alpha value is -0.0800. The Morgan fingerprint density at radius 3 is 2.38 bits per heavy atom. The first-order chi connectivity index (χ1) is 7.58. The van der Waals surface area contributed by atoms with Gasteiger partial charge in [0.15, 0.2) is 0 Å². The molecule has 1 N–H and O–H groups in total. The van der Waals surface area contributed by atoms with Crippen molar-refractivity contribution in [3.63, 3.8) is 0 Å². The second kappa shape index (κ2) is 6.61. The van der Waals surface area contributed by atoms with Gasteiger partial charge in [0.25, 0.3) is 0 Å². The Morgan fingerprint density at radius 1 is 1.25 bits per heavy atom. The normalized spacial score (nSPS) is 20.8. The zero-order chi connectivity index (χ0) is 12.0. The third kappa shape index (κ3) is 4.42. The molecule has 0 saturated heterocycles. The average molecular weight is 227 g/mol. The number of rotatable bonds is 8. The van der Waals surface area contributed by atoms with E-state index >= 15 is 0 Å². The molecule has 0 aliphatic heterocycles. The molecule has 1 aliphatic rings. The van der Waals surface area contributed by atoms with Gasteiger partial charge in [-0.05, 0) is 45.6 Å². The number of hydrogen-bond acceptors (Lipinski definition) is 2. The van der Waals surface area contributed by atoms with Crippen LogP contribution in [0.1, 0.15) is 66.2 Å². The molecule has 2 heteroatoms. The molecule has 16 heavy (non-hydrogen) atoms. The SMILES string of the molecule is CCCC(C)OC1(CCNC(C)C)CCC1. The molecular weight excluding hydrogens is 198 g/mol. The number of ether oxygens (including phenoxy) is 1. The Kier molecular flexibility index (Phi) is 5.77.